The number of ether oxygens (including phenoxy) is 1. The highest BCUT2D eigenvalue weighted by Gasteiger charge is 2.22. The maximum atomic E-state index is 9.80. The molecular weight excluding hydrogens is 178 g/mol. The van der Waals surface area contributed by atoms with Gasteiger partial charge in [-0.15, -0.1) is 0 Å². The first-order valence-corrected chi connectivity index (χ1v) is 5.32. The molecule has 0 amide bonds. The van der Waals surface area contributed by atoms with E-state index >= 15 is 0 Å². The van der Waals surface area contributed by atoms with E-state index in [9.17, 15) is 5.11 Å². The zero-order valence-electron chi connectivity index (χ0n) is 10.1. The summed E-state index contributed by atoms with van der Waals surface area (Å²) < 4.78 is 5.07. The molecule has 3 heteroatoms. The van der Waals surface area contributed by atoms with Gasteiger partial charge in [-0.05, 0) is 11.8 Å². The largest absolute Gasteiger partial charge is 0.391 e. The molecule has 0 aliphatic carbocycles. The number of nitrogens with one attached hydrogen (secondary N) is 1. The van der Waals surface area contributed by atoms with E-state index < -0.39 is 0 Å². The lowest BCUT2D eigenvalue weighted by Gasteiger charge is -2.28. The topological polar surface area (TPSA) is 41.5 Å². The second-order valence-electron chi connectivity index (χ2n) is 4.85. The highest BCUT2D eigenvalue weighted by atomic mass is 16.5. The molecule has 0 aliphatic rings. The van der Waals surface area contributed by atoms with E-state index in [1.54, 1.807) is 7.11 Å². The van der Waals surface area contributed by atoms with Crippen molar-refractivity contribution in [1.82, 2.24) is 5.32 Å². The molecule has 0 aromatic carbocycles. The smallest absolute Gasteiger partial charge is 0.0712 e. The number of rotatable bonds is 6. The van der Waals surface area contributed by atoms with Crippen LogP contribution < -0.4 is 5.32 Å². The molecular formula is C11H25NO2. The Bertz CT molecular complexity index is 143. The minimum atomic E-state index is -0.312. The third-order valence-electron chi connectivity index (χ3n) is 2.46. The lowest BCUT2D eigenvalue weighted by Crippen LogP contribution is -2.42. The van der Waals surface area contributed by atoms with Crippen LogP contribution in [-0.4, -0.2) is 37.5 Å². The minimum absolute atomic E-state index is 0.0572. The average Bonchev–Trinajstić information content (AvgIpc) is 2.10. The molecule has 3 nitrogen and oxygen atoms in total. The first-order valence-electron chi connectivity index (χ1n) is 5.32. The molecule has 0 saturated carbocycles. The molecule has 0 aromatic heterocycles. The quantitative estimate of drug-likeness (QED) is 0.686. The zero-order valence-corrected chi connectivity index (χ0v) is 10.1. The fourth-order valence-electron chi connectivity index (χ4n) is 1.11. The monoisotopic (exact) mass is 203 g/mol. The Labute approximate surface area is 87.8 Å². The van der Waals surface area contributed by atoms with Crippen LogP contribution in [-0.2, 0) is 4.74 Å². The Morgan fingerprint density at radius 3 is 2.29 bits per heavy atom. The summed E-state index contributed by atoms with van der Waals surface area (Å²) in [5, 5.41) is 13.1. The van der Waals surface area contributed by atoms with Crippen LogP contribution >= 0.6 is 0 Å². The summed E-state index contributed by atoms with van der Waals surface area (Å²) in [6.07, 6.45) is 0.707. The van der Waals surface area contributed by atoms with Gasteiger partial charge in [0, 0.05) is 19.7 Å². The molecule has 2 unspecified atom stereocenters. The van der Waals surface area contributed by atoms with Crippen molar-refractivity contribution in [3.8, 4) is 0 Å². The Kier molecular flexibility index (Phi) is 6.33. The summed E-state index contributed by atoms with van der Waals surface area (Å²) in [7, 11) is 1.70. The lowest BCUT2D eigenvalue weighted by atomic mass is 9.89. The molecule has 0 radical (unpaired) electrons. The number of hydrogen-bond donors (Lipinski definition) is 2. The summed E-state index contributed by atoms with van der Waals surface area (Å²) >= 11 is 0. The van der Waals surface area contributed by atoms with Crippen molar-refractivity contribution < 1.29 is 9.84 Å². The Morgan fingerprint density at radius 1 is 1.36 bits per heavy atom. The molecule has 0 heterocycles. The van der Waals surface area contributed by atoms with Gasteiger partial charge >= 0.3 is 0 Å². The van der Waals surface area contributed by atoms with Crippen molar-refractivity contribution in [3.05, 3.63) is 0 Å². The van der Waals surface area contributed by atoms with Crippen LogP contribution in [0.5, 0.6) is 0 Å². The van der Waals surface area contributed by atoms with Crippen molar-refractivity contribution in [1.29, 1.82) is 0 Å². The predicted molar refractivity (Wildman–Crippen MR) is 59.4 cm³/mol. The lowest BCUT2D eigenvalue weighted by molar-refractivity contribution is 0.0558. The van der Waals surface area contributed by atoms with Gasteiger partial charge in [-0.2, -0.15) is 0 Å². The third kappa shape index (κ3) is 5.58. The zero-order chi connectivity index (χ0) is 11.2. The van der Waals surface area contributed by atoms with E-state index in [0.717, 1.165) is 6.42 Å². The Hall–Kier alpha value is -0.120. The van der Waals surface area contributed by atoms with Crippen LogP contribution in [0.3, 0.4) is 0 Å². The van der Waals surface area contributed by atoms with Gasteiger partial charge in [0.2, 0.25) is 0 Å². The fraction of sp³-hybridized carbons (Fsp3) is 1.00. The molecule has 0 bridgehead atoms. The number of hydrogen-bond acceptors (Lipinski definition) is 3. The second-order valence-corrected chi connectivity index (χ2v) is 4.85. The first kappa shape index (κ1) is 13.9. The molecule has 0 aromatic rings. The van der Waals surface area contributed by atoms with E-state index in [1.165, 1.54) is 0 Å². The van der Waals surface area contributed by atoms with Gasteiger partial charge in [-0.1, -0.05) is 27.7 Å². The SMILES string of the molecule is CCC(COC)NCC(O)C(C)(C)C. The van der Waals surface area contributed by atoms with Gasteiger partial charge in [0.25, 0.3) is 0 Å². The summed E-state index contributed by atoms with van der Waals surface area (Å²) in [6.45, 7) is 9.56. The van der Waals surface area contributed by atoms with Crippen LogP contribution in [0.4, 0.5) is 0 Å². The van der Waals surface area contributed by atoms with Gasteiger partial charge in [-0.3, -0.25) is 0 Å². The first-order chi connectivity index (χ1) is 6.41. The van der Waals surface area contributed by atoms with Crippen molar-refractivity contribution in [2.24, 2.45) is 5.41 Å². The van der Waals surface area contributed by atoms with E-state index in [-0.39, 0.29) is 11.5 Å². The molecule has 0 saturated heterocycles. The molecule has 2 N–H and O–H groups in total. The molecule has 0 fully saturated rings. The number of aliphatic hydroxyl groups is 1. The Balaban J connectivity index is 3.79. The normalized spacial score (nSPS) is 16.7. The van der Waals surface area contributed by atoms with Crippen molar-refractivity contribution in [3.63, 3.8) is 0 Å². The van der Waals surface area contributed by atoms with Crippen LogP contribution in [0.1, 0.15) is 34.1 Å². The summed E-state index contributed by atoms with van der Waals surface area (Å²) in [6, 6.07) is 0.344. The highest BCUT2D eigenvalue weighted by Crippen LogP contribution is 2.18. The molecule has 0 spiro atoms. The van der Waals surface area contributed by atoms with E-state index in [1.807, 2.05) is 20.8 Å². The third-order valence-corrected chi connectivity index (χ3v) is 2.46. The minimum Gasteiger partial charge on any atom is -0.391 e. The van der Waals surface area contributed by atoms with Gasteiger partial charge in [0.05, 0.1) is 12.7 Å². The molecule has 14 heavy (non-hydrogen) atoms. The van der Waals surface area contributed by atoms with Crippen molar-refractivity contribution >= 4 is 0 Å². The van der Waals surface area contributed by atoms with Crippen LogP contribution in [0.2, 0.25) is 0 Å². The summed E-state index contributed by atoms with van der Waals surface area (Å²) in [5.74, 6) is 0. The molecule has 2 atom stereocenters. The summed E-state index contributed by atoms with van der Waals surface area (Å²) in [4.78, 5) is 0. The average molecular weight is 203 g/mol. The molecule has 0 rings (SSSR count). The van der Waals surface area contributed by atoms with Crippen LogP contribution in [0.15, 0.2) is 0 Å². The summed E-state index contributed by atoms with van der Waals surface area (Å²) in [5.41, 5.74) is -0.0572. The maximum absolute atomic E-state index is 9.80. The maximum Gasteiger partial charge on any atom is 0.0712 e. The van der Waals surface area contributed by atoms with Gasteiger partial charge < -0.3 is 15.2 Å². The second kappa shape index (κ2) is 6.38. The predicted octanol–water partition coefficient (Wildman–Crippen LogP) is 1.41. The molecule has 0 aliphatic heterocycles. The number of methoxy groups -OCH3 is 1. The van der Waals surface area contributed by atoms with E-state index in [2.05, 4.69) is 12.2 Å². The Morgan fingerprint density at radius 2 is 1.93 bits per heavy atom. The van der Waals surface area contributed by atoms with Crippen molar-refractivity contribution in [2.45, 2.75) is 46.3 Å². The highest BCUT2D eigenvalue weighted by molar-refractivity contribution is 4.76. The van der Waals surface area contributed by atoms with Crippen LogP contribution in [0, 0.1) is 5.41 Å². The van der Waals surface area contributed by atoms with E-state index in [4.69, 9.17) is 4.74 Å². The molecule has 86 valence electrons. The standard InChI is InChI=1S/C11H25NO2/c1-6-9(8-14-5)12-7-10(13)11(2,3)4/h9-10,12-13H,6-8H2,1-5H3. The van der Waals surface area contributed by atoms with Crippen LogP contribution in [0.25, 0.3) is 0 Å². The number of aliphatic hydroxyl groups excluding tert-OH is 1. The van der Waals surface area contributed by atoms with Crippen molar-refractivity contribution in [2.75, 3.05) is 20.3 Å². The van der Waals surface area contributed by atoms with E-state index in [0.29, 0.717) is 19.2 Å². The van der Waals surface area contributed by atoms with Gasteiger partial charge in [0.15, 0.2) is 0 Å². The van der Waals surface area contributed by atoms with Gasteiger partial charge in [0.1, 0.15) is 0 Å². The van der Waals surface area contributed by atoms with Gasteiger partial charge in [-0.25, -0.2) is 0 Å². The fourth-order valence-corrected chi connectivity index (χ4v) is 1.11.